The van der Waals surface area contributed by atoms with Crippen LogP contribution >= 0.6 is 0 Å². The van der Waals surface area contributed by atoms with Gasteiger partial charge in [-0.1, -0.05) is 60.7 Å². The van der Waals surface area contributed by atoms with Gasteiger partial charge in [0.05, 0.1) is 13.2 Å². The van der Waals surface area contributed by atoms with E-state index in [1.54, 1.807) is 4.90 Å². The van der Waals surface area contributed by atoms with E-state index in [0.717, 1.165) is 22.6 Å². The van der Waals surface area contributed by atoms with E-state index in [0.29, 0.717) is 19.7 Å². The first-order chi connectivity index (χ1) is 13.3. The molecule has 1 N–H and O–H groups in total. The molecule has 0 aliphatic rings. The van der Waals surface area contributed by atoms with Crippen LogP contribution in [-0.2, 0) is 13.1 Å². The maximum Gasteiger partial charge on any atom is 0.322 e. The van der Waals surface area contributed by atoms with Gasteiger partial charge in [-0.3, -0.25) is 4.90 Å². The third-order valence-electron chi connectivity index (χ3n) is 4.17. The zero-order valence-corrected chi connectivity index (χ0v) is 15.5. The van der Waals surface area contributed by atoms with Crippen molar-refractivity contribution in [2.45, 2.75) is 20.0 Å². The molecule has 0 unspecified atom stereocenters. The molecule has 4 heteroatoms. The van der Waals surface area contributed by atoms with Gasteiger partial charge in [0.1, 0.15) is 5.75 Å². The van der Waals surface area contributed by atoms with E-state index in [1.165, 1.54) is 0 Å². The molecule has 3 aromatic rings. The van der Waals surface area contributed by atoms with Crippen molar-refractivity contribution in [1.29, 1.82) is 0 Å². The summed E-state index contributed by atoms with van der Waals surface area (Å²) in [5.41, 5.74) is 2.97. The number of hydrogen-bond donors (Lipinski definition) is 1. The fourth-order valence-corrected chi connectivity index (χ4v) is 2.80. The highest BCUT2D eigenvalue weighted by Crippen LogP contribution is 2.17. The van der Waals surface area contributed by atoms with E-state index >= 15 is 0 Å². The van der Waals surface area contributed by atoms with Crippen LogP contribution in [0.15, 0.2) is 84.9 Å². The lowest BCUT2D eigenvalue weighted by molar-refractivity contribution is 0.245. The van der Waals surface area contributed by atoms with E-state index in [1.807, 2.05) is 91.9 Å². The maximum absolute atomic E-state index is 12.9. The smallest absolute Gasteiger partial charge is 0.322 e. The second kappa shape index (κ2) is 9.43. The van der Waals surface area contributed by atoms with Crippen molar-refractivity contribution < 1.29 is 9.53 Å². The SMILES string of the molecule is CCOc1ccc(CNC(=O)N(Cc2ccccc2)c2ccccc2)cc1. The molecule has 3 rings (SSSR count). The first-order valence-electron chi connectivity index (χ1n) is 9.12. The van der Waals surface area contributed by atoms with Gasteiger partial charge in [0.15, 0.2) is 0 Å². The summed E-state index contributed by atoms with van der Waals surface area (Å²) < 4.78 is 5.45. The van der Waals surface area contributed by atoms with Gasteiger partial charge in [0.25, 0.3) is 0 Å². The van der Waals surface area contributed by atoms with Crippen molar-refractivity contribution in [3.8, 4) is 5.75 Å². The van der Waals surface area contributed by atoms with Gasteiger partial charge < -0.3 is 10.1 Å². The molecule has 0 saturated heterocycles. The van der Waals surface area contributed by atoms with Gasteiger partial charge in [0.2, 0.25) is 0 Å². The Morgan fingerprint density at radius 1 is 0.852 bits per heavy atom. The van der Waals surface area contributed by atoms with Crippen LogP contribution in [-0.4, -0.2) is 12.6 Å². The second-order valence-electron chi connectivity index (χ2n) is 6.14. The third-order valence-corrected chi connectivity index (χ3v) is 4.17. The number of ether oxygens (including phenoxy) is 1. The van der Waals surface area contributed by atoms with E-state index in [4.69, 9.17) is 4.74 Å². The Hall–Kier alpha value is -3.27. The first-order valence-corrected chi connectivity index (χ1v) is 9.12. The largest absolute Gasteiger partial charge is 0.494 e. The summed E-state index contributed by atoms with van der Waals surface area (Å²) in [6.07, 6.45) is 0. The van der Waals surface area contributed by atoms with Crippen molar-refractivity contribution >= 4 is 11.7 Å². The van der Waals surface area contributed by atoms with E-state index in [2.05, 4.69) is 5.32 Å². The Balaban J connectivity index is 1.69. The molecule has 0 aliphatic carbocycles. The summed E-state index contributed by atoms with van der Waals surface area (Å²) in [6.45, 7) is 3.57. The van der Waals surface area contributed by atoms with Gasteiger partial charge in [-0.2, -0.15) is 0 Å². The molecule has 0 atom stereocenters. The second-order valence-corrected chi connectivity index (χ2v) is 6.14. The Morgan fingerprint density at radius 3 is 2.11 bits per heavy atom. The monoisotopic (exact) mass is 360 g/mol. The molecule has 4 nitrogen and oxygen atoms in total. The van der Waals surface area contributed by atoms with Crippen LogP contribution in [0, 0.1) is 0 Å². The van der Waals surface area contributed by atoms with Crippen molar-refractivity contribution in [2.75, 3.05) is 11.5 Å². The lowest BCUT2D eigenvalue weighted by Crippen LogP contribution is -2.39. The van der Waals surface area contributed by atoms with Crippen molar-refractivity contribution in [3.05, 3.63) is 96.1 Å². The number of carbonyl (C=O) groups is 1. The van der Waals surface area contributed by atoms with Gasteiger partial charge in [-0.05, 0) is 42.3 Å². The molecular weight excluding hydrogens is 336 g/mol. The van der Waals surface area contributed by atoms with E-state index < -0.39 is 0 Å². The number of nitrogens with one attached hydrogen (secondary N) is 1. The summed E-state index contributed by atoms with van der Waals surface area (Å²) in [7, 11) is 0. The molecule has 0 aromatic heterocycles. The molecule has 138 valence electrons. The number of carbonyl (C=O) groups excluding carboxylic acids is 1. The van der Waals surface area contributed by atoms with Crippen molar-refractivity contribution in [2.24, 2.45) is 0 Å². The minimum Gasteiger partial charge on any atom is -0.494 e. The van der Waals surface area contributed by atoms with Crippen molar-refractivity contribution in [1.82, 2.24) is 5.32 Å². The lowest BCUT2D eigenvalue weighted by Gasteiger charge is -2.23. The average molecular weight is 360 g/mol. The highest BCUT2D eigenvalue weighted by Gasteiger charge is 2.15. The van der Waals surface area contributed by atoms with Crippen LogP contribution in [0.4, 0.5) is 10.5 Å². The zero-order valence-electron chi connectivity index (χ0n) is 15.5. The standard InChI is InChI=1S/C23H24N2O2/c1-2-27-22-15-13-19(14-16-22)17-24-23(26)25(21-11-7-4-8-12-21)18-20-9-5-3-6-10-20/h3-16H,2,17-18H2,1H3,(H,24,26). The number of nitrogens with zero attached hydrogens (tertiary/aromatic N) is 1. The molecule has 0 spiro atoms. The number of urea groups is 1. The van der Waals surface area contributed by atoms with Gasteiger partial charge in [-0.25, -0.2) is 4.79 Å². The van der Waals surface area contributed by atoms with Gasteiger partial charge >= 0.3 is 6.03 Å². The number of anilines is 1. The molecule has 3 aromatic carbocycles. The number of rotatable bonds is 7. The number of para-hydroxylation sites is 1. The zero-order chi connectivity index (χ0) is 18.9. The van der Waals surface area contributed by atoms with Crippen molar-refractivity contribution in [3.63, 3.8) is 0 Å². The Morgan fingerprint density at radius 2 is 1.48 bits per heavy atom. The fraction of sp³-hybridized carbons (Fsp3) is 0.174. The Kier molecular flexibility index (Phi) is 6.47. The summed E-state index contributed by atoms with van der Waals surface area (Å²) >= 11 is 0. The Bertz CT molecular complexity index is 833. The predicted octanol–water partition coefficient (Wildman–Crippen LogP) is 5.00. The first kappa shape index (κ1) is 18.5. The normalized spacial score (nSPS) is 10.3. The Labute approximate surface area is 160 Å². The minimum absolute atomic E-state index is 0.126. The maximum atomic E-state index is 12.9. The van der Waals surface area contributed by atoms with E-state index in [9.17, 15) is 4.79 Å². The molecule has 0 bridgehead atoms. The van der Waals surface area contributed by atoms with Crippen LogP contribution in [0.3, 0.4) is 0 Å². The summed E-state index contributed by atoms with van der Waals surface area (Å²) in [6, 6.07) is 27.3. The molecule has 2 amide bonds. The lowest BCUT2D eigenvalue weighted by atomic mass is 10.2. The van der Waals surface area contributed by atoms with Gasteiger partial charge in [0, 0.05) is 12.2 Å². The molecule has 0 fully saturated rings. The summed E-state index contributed by atoms with van der Waals surface area (Å²) in [5.74, 6) is 0.836. The average Bonchev–Trinajstić information content (AvgIpc) is 2.73. The summed E-state index contributed by atoms with van der Waals surface area (Å²) in [5, 5.41) is 3.02. The summed E-state index contributed by atoms with van der Waals surface area (Å²) in [4.78, 5) is 14.6. The fourth-order valence-electron chi connectivity index (χ4n) is 2.80. The van der Waals surface area contributed by atoms with Crippen LogP contribution in [0.1, 0.15) is 18.1 Å². The minimum atomic E-state index is -0.126. The predicted molar refractivity (Wildman–Crippen MR) is 109 cm³/mol. The number of benzene rings is 3. The number of amides is 2. The third kappa shape index (κ3) is 5.35. The molecule has 0 radical (unpaired) electrons. The van der Waals surface area contributed by atoms with Crippen LogP contribution in [0.25, 0.3) is 0 Å². The van der Waals surface area contributed by atoms with Crippen LogP contribution in [0.2, 0.25) is 0 Å². The van der Waals surface area contributed by atoms with Crippen LogP contribution < -0.4 is 15.0 Å². The molecule has 0 aliphatic heterocycles. The highest BCUT2D eigenvalue weighted by atomic mass is 16.5. The number of hydrogen-bond acceptors (Lipinski definition) is 2. The van der Waals surface area contributed by atoms with Crippen LogP contribution in [0.5, 0.6) is 5.75 Å². The molecular formula is C23H24N2O2. The molecule has 0 saturated carbocycles. The van der Waals surface area contributed by atoms with Gasteiger partial charge in [-0.15, -0.1) is 0 Å². The molecule has 27 heavy (non-hydrogen) atoms. The molecule has 0 heterocycles. The quantitative estimate of drug-likeness (QED) is 0.644. The topological polar surface area (TPSA) is 41.6 Å². The van der Waals surface area contributed by atoms with E-state index in [-0.39, 0.29) is 6.03 Å². The highest BCUT2D eigenvalue weighted by molar-refractivity contribution is 5.91.